The van der Waals surface area contributed by atoms with Crippen molar-refractivity contribution in [3.63, 3.8) is 0 Å². The normalized spacial score (nSPS) is 10.8. The SMILES string of the molecule is O=C(Nc1nc(-c2ccccn2)cs1)c1c[n+]2cccnc2[nH]1. The summed E-state index contributed by atoms with van der Waals surface area (Å²) in [5.41, 5.74) is 1.92. The number of hydrogen-bond donors (Lipinski definition) is 2. The van der Waals surface area contributed by atoms with E-state index in [9.17, 15) is 4.79 Å². The molecule has 0 bridgehead atoms. The minimum atomic E-state index is -0.266. The number of hydrogen-bond acceptors (Lipinski definition) is 5. The molecule has 1 amide bonds. The third kappa shape index (κ3) is 2.67. The Hall–Kier alpha value is -3.13. The first-order valence-corrected chi connectivity index (χ1v) is 7.71. The summed E-state index contributed by atoms with van der Waals surface area (Å²) in [6, 6.07) is 7.41. The largest absolute Gasteiger partial charge is 0.401 e. The van der Waals surface area contributed by atoms with Gasteiger partial charge >= 0.3 is 5.78 Å². The Kier molecular flexibility index (Phi) is 3.28. The predicted molar refractivity (Wildman–Crippen MR) is 85.0 cm³/mol. The summed E-state index contributed by atoms with van der Waals surface area (Å²) in [5, 5.41) is 5.16. The average Bonchev–Trinajstić information content (AvgIpc) is 3.22. The maximum absolute atomic E-state index is 12.3. The van der Waals surface area contributed by atoms with Gasteiger partial charge < -0.3 is 0 Å². The molecule has 8 heteroatoms. The molecule has 0 saturated heterocycles. The molecule has 0 fully saturated rings. The number of nitrogens with one attached hydrogen (secondary N) is 2. The molecule has 4 rings (SSSR count). The van der Waals surface area contributed by atoms with E-state index in [1.807, 2.05) is 29.8 Å². The molecule has 112 valence electrons. The fourth-order valence-electron chi connectivity index (χ4n) is 2.12. The highest BCUT2D eigenvalue weighted by atomic mass is 32.1. The van der Waals surface area contributed by atoms with Crippen LogP contribution in [-0.2, 0) is 0 Å². The van der Waals surface area contributed by atoms with Gasteiger partial charge in [0.2, 0.25) is 0 Å². The van der Waals surface area contributed by atoms with Crippen molar-refractivity contribution in [1.29, 1.82) is 0 Å². The van der Waals surface area contributed by atoms with E-state index in [1.54, 1.807) is 29.1 Å². The van der Waals surface area contributed by atoms with Crippen molar-refractivity contribution in [2.75, 3.05) is 5.32 Å². The number of imidazole rings is 1. The van der Waals surface area contributed by atoms with Gasteiger partial charge in [0.05, 0.1) is 11.9 Å². The first-order chi connectivity index (χ1) is 11.3. The maximum Gasteiger partial charge on any atom is 0.401 e. The quantitative estimate of drug-likeness (QED) is 0.564. The van der Waals surface area contributed by atoms with E-state index >= 15 is 0 Å². The molecule has 0 atom stereocenters. The Morgan fingerprint density at radius 3 is 2.91 bits per heavy atom. The maximum atomic E-state index is 12.3. The van der Waals surface area contributed by atoms with Gasteiger partial charge in [-0.05, 0) is 12.1 Å². The van der Waals surface area contributed by atoms with Gasteiger partial charge in [0.25, 0.3) is 5.91 Å². The zero-order valence-corrected chi connectivity index (χ0v) is 12.6. The van der Waals surface area contributed by atoms with Crippen LogP contribution in [0.4, 0.5) is 5.13 Å². The van der Waals surface area contributed by atoms with Crippen LogP contribution < -0.4 is 9.72 Å². The number of rotatable bonds is 3. The van der Waals surface area contributed by atoms with E-state index in [0.717, 1.165) is 11.4 Å². The molecule has 2 N–H and O–H groups in total. The van der Waals surface area contributed by atoms with Crippen LogP contribution in [0.25, 0.3) is 17.2 Å². The molecule has 0 unspecified atom stereocenters. The van der Waals surface area contributed by atoms with Gasteiger partial charge in [0.1, 0.15) is 18.1 Å². The van der Waals surface area contributed by atoms with Crippen molar-refractivity contribution < 1.29 is 9.20 Å². The molecule has 7 nitrogen and oxygen atoms in total. The van der Waals surface area contributed by atoms with Crippen molar-refractivity contribution in [3.8, 4) is 11.4 Å². The first-order valence-electron chi connectivity index (χ1n) is 6.83. The smallest absolute Gasteiger partial charge is 0.295 e. The van der Waals surface area contributed by atoms with Crippen LogP contribution >= 0.6 is 11.3 Å². The summed E-state index contributed by atoms with van der Waals surface area (Å²) in [5.74, 6) is 0.336. The first kappa shape index (κ1) is 13.5. The number of anilines is 1. The van der Waals surface area contributed by atoms with E-state index in [4.69, 9.17) is 0 Å². The van der Waals surface area contributed by atoms with Crippen molar-refractivity contribution in [3.05, 3.63) is 60.1 Å². The highest BCUT2D eigenvalue weighted by Gasteiger charge is 2.17. The van der Waals surface area contributed by atoms with E-state index in [2.05, 4.69) is 25.3 Å². The highest BCUT2D eigenvalue weighted by molar-refractivity contribution is 7.14. The Morgan fingerprint density at radius 1 is 1.17 bits per heavy atom. The van der Waals surface area contributed by atoms with Gasteiger partial charge in [0.15, 0.2) is 10.8 Å². The topological polar surface area (TPSA) is 87.7 Å². The number of pyridine rings is 1. The lowest BCUT2D eigenvalue weighted by Gasteiger charge is -1.96. The van der Waals surface area contributed by atoms with Crippen LogP contribution in [0.15, 0.2) is 54.4 Å². The molecule has 0 saturated carbocycles. The molecule has 0 radical (unpaired) electrons. The summed E-state index contributed by atoms with van der Waals surface area (Å²) in [6.07, 6.45) is 6.87. The van der Waals surface area contributed by atoms with Gasteiger partial charge in [0, 0.05) is 17.6 Å². The lowest BCUT2D eigenvalue weighted by atomic mass is 10.3. The molecule has 0 spiro atoms. The summed E-state index contributed by atoms with van der Waals surface area (Å²) in [4.78, 5) is 28.0. The number of aromatic nitrogens is 5. The number of aromatic amines is 1. The molecule has 23 heavy (non-hydrogen) atoms. The van der Waals surface area contributed by atoms with Gasteiger partial charge in [-0.2, -0.15) is 0 Å². The van der Waals surface area contributed by atoms with Crippen LogP contribution in [0.3, 0.4) is 0 Å². The van der Waals surface area contributed by atoms with Crippen LogP contribution in [0.5, 0.6) is 0 Å². The number of carbonyl (C=O) groups excluding carboxylic acids is 1. The number of fused-ring (bicyclic) bond motifs is 1. The summed E-state index contributed by atoms with van der Waals surface area (Å²) >= 11 is 1.35. The van der Waals surface area contributed by atoms with Crippen molar-refractivity contribution in [1.82, 2.24) is 19.9 Å². The number of carbonyl (C=O) groups is 1. The number of nitrogens with zero attached hydrogens (tertiary/aromatic N) is 4. The predicted octanol–water partition coefficient (Wildman–Crippen LogP) is 1.92. The minimum Gasteiger partial charge on any atom is -0.295 e. The third-order valence-electron chi connectivity index (χ3n) is 3.19. The fraction of sp³-hybridized carbons (Fsp3) is 0. The Bertz CT molecular complexity index is 945. The second-order valence-electron chi connectivity index (χ2n) is 4.73. The molecular weight excluding hydrogens is 312 g/mol. The standard InChI is InChI=1S/C15H10N6OS/c22-13(11-8-21-7-3-6-17-14(21)18-11)20-15-19-12(9-23-15)10-4-1-2-5-16-10/h1-9H,(H,19,20,22)/p+1. The second-order valence-corrected chi connectivity index (χ2v) is 5.58. The summed E-state index contributed by atoms with van der Waals surface area (Å²) in [6.45, 7) is 0. The molecule has 0 aliphatic carbocycles. The minimum absolute atomic E-state index is 0.266. The number of H-pyrrole nitrogens is 1. The van der Waals surface area contributed by atoms with Gasteiger partial charge in [-0.25, -0.2) is 14.4 Å². The molecule has 4 aromatic heterocycles. The molecule has 4 aromatic rings. The Labute approximate surface area is 134 Å². The van der Waals surface area contributed by atoms with Crippen molar-refractivity contribution in [2.24, 2.45) is 0 Å². The third-order valence-corrected chi connectivity index (χ3v) is 3.94. The number of thiazole rings is 1. The van der Waals surface area contributed by atoms with Crippen LogP contribution in [0.2, 0.25) is 0 Å². The van der Waals surface area contributed by atoms with Crippen LogP contribution in [0.1, 0.15) is 10.5 Å². The molecule has 0 aliphatic heterocycles. The van der Waals surface area contributed by atoms with E-state index in [1.165, 1.54) is 11.3 Å². The fourth-order valence-corrected chi connectivity index (χ4v) is 2.82. The number of amides is 1. The van der Waals surface area contributed by atoms with Crippen LogP contribution in [-0.4, -0.2) is 25.8 Å². The second kappa shape index (κ2) is 5.58. The molecule has 0 aliphatic rings. The zero-order valence-electron chi connectivity index (χ0n) is 11.8. The zero-order chi connectivity index (χ0) is 15.6. The monoisotopic (exact) mass is 323 g/mol. The average molecular weight is 323 g/mol. The highest BCUT2D eigenvalue weighted by Crippen LogP contribution is 2.23. The van der Waals surface area contributed by atoms with Crippen molar-refractivity contribution >= 4 is 28.2 Å². The van der Waals surface area contributed by atoms with Gasteiger partial charge in [-0.1, -0.05) is 11.1 Å². The Balaban J connectivity index is 1.56. The van der Waals surface area contributed by atoms with E-state index in [-0.39, 0.29) is 5.91 Å². The summed E-state index contributed by atoms with van der Waals surface area (Å²) in [7, 11) is 0. The van der Waals surface area contributed by atoms with Crippen molar-refractivity contribution in [2.45, 2.75) is 0 Å². The molecule has 4 heterocycles. The van der Waals surface area contributed by atoms with Gasteiger partial charge in [-0.3, -0.25) is 15.1 Å². The van der Waals surface area contributed by atoms with Crippen LogP contribution in [0, 0.1) is 0 Å². The summed E-state index contributed by atoms with van der Waals surface area (Å²) < 4.78 is 1.75. The lowest BCUT2D eigenvalue weighted by Crippen LogP contribution is -2.18. The molecular formula is C15H11N6OS+. The van der Waals surface area contributed by atoms with E-state index in [0.29, 0.717) is 16.6 Å². The van der Waals surface area contributed by atoms with Gasteiger partial charge in [-0.15, -0.1) is 11.3 Å². The molecule has 0 aromatic carbocycles. The Morgan fingerprint density at radius 2 is 2.09 bits per heavy atom. The van der Waals surface area contributed by atoms with E-state index < -0.39 is 0 Å². The lowest BCUT2D eigenvalue weighted by molar-refractivity contribution is -0.512.